The van der Waals surface area contributed by atoms with Crippen LogP contribution in [0.2, 0.25) is 0 Å². The van der Waals surface area contributed by atoms with Gasteiger partial charge in [-0.15, -0.1) is 0 Å². The number of aryl methyl sites for hydroxylation is 3. The number of benzene rings is 1. The van der Waals surface area contributed by atoms with Crippen molar-refractivity contribution in [1.82, 2.24) is 0 Å². The number of rotatable bonds is 3. The van der Waals surface area contributed by atoms with E-state index in [1.807, 2.05) is 0 Å². The van der Waals surface area contributed by atoms with E-state index in [-0.39, 0.29) is 0 Å². The highest BCUT2D eigenvalue weighted by atomic mass is 14.7. The van der Waals surface area contributed by atoms with Gasteiger partial charge < -0.3 is 5.73 Å². The van der Waals surface area contributed by atoms with Crippen LogP contribution < -0.4 is 5.73 Å². The lowest BCUT2D eigenvalue weighted by Crippen LogP contribution is -2.25. The Bertz CT molecular complexity index is 341. The predicted octanol–water partition coefficient (Wildman–Crippen LogP) is 2.89. The minimum atomic E-state index is 0.380. The Morgan fingerprint density at radius 1 is 1.20 bits per heavy atom. The van der Waals surface area contributed by atoms with Gasteiger partial charge in [0.1, 0.15) is 0 Å². The number of nitrogens with two attached hydrogens (primary N) is 1. The molecule has 1 aromatic carbocycles. The molecule has 2 N–H and O–H groups in total. The molecule has 0 aromatic heterocycles. The molecule has 0 saturated heterocycles. The third-order valence-corrected chi connectivity index (χ3v) is 3.51. The average Bonchev–Trinajstić information content (AvgIpc) is 2.93. The van der Waals surface area contributed by atoms with Crippen LogP contribution in [0.15, 0.2) is 12.1 Å². The molecule has 1 aliphatic carbocycles. The molecule has 1 unspecified atom stereocenters. The molecule has 2 rings (SSSR count). The Kier molecular flexibility index (Phi) is 2.83. The van der Waals surface area contributed by atoms with Crippen molar-refractivity contribution in [2.75, 3.05) is 0 Å². The molecule has 1 fully saturated rings. The zero-order chi connectivity index (χ0) is 11.0. The third-order valence-electron chi connectivity index (χ3n) is 3.51. The van der Waals surface area contributed by atoms with E-state index in [1.54, 1.807) is 0 Å². The van der Waals surface area contributed by atoms with E-state index in [1.165, 1.54) is 35.1 Å². The van der Waals surface area contributed by atoms with Crippen LogP contribution in [0.4, 0.5) is 0 Å². The summed E-state index contributed by atoms with van der Waals surface area (Å²) in [7, 11) is 0. The summed E-state index contributed by atoms with van der Waals surface area (Å²) in [5.74, 6) is 0.796. The minimum absolute atomic E-state index is 0.380. The fourth-order valence-corrected chi connectivity index (χ4v) is 2.46. The molecular weight excluding hydrogens is 182 g/mol. The van der Waals surface area contributed by atoms with E-state index in [9.17, 15) is 0 Å². The first-order valence-electron chi connectivity index (χ1n) is 5.90. The lowest BCUT2D eigenvalue weighted by atomic mass is 9.93. The van der Waals surface area contributed by atoms with Crippen molar-refractivity contribution in [3.63, 3.8) is 0 Å². The van der Waals surface area contributed by atoms with Crippen molar-refractivity contribution in [2.45, 2.75) is 46.1 Å². The average molecular weight is 203 g/mol. The van der Waals surface area contributed by atoms with Crippen LogP contribution in [0.5, 0.6) is 0 Å². The molecule has 1 heteroatoms. The molecular formula is C14H21N. The largest absolute Gasteiger partial charge is 0.327 e. The van der Waals surface area contributed by atoms with E-state index in [0.29, 0.717) is 6.04 Å². The van der Waals surface area contributed by atoms with Gasteiger partial charge in [-0.3, -0.25) is 0 Å². The van der Waals surface area contributed by atoms with Crippen LogP contribution in [0.25, 0.3) is 0 Å². The molecule has 1 atom stereocenters. The van der Waals surface area contributed by atoms with Crippen molar-refractivity contribution >= 4 is 0 Å². The highest BCUT2D eigenvalue weighted by Crippen LogP contribution is 2.33. The topological polar surface area (TPSA) is 26.0 Å². The monoisotopic (exact) mass is 203 g/mol. The van der Waals surface area contributed by atoms with Crippen molar-refractivity contribution in [1.29, 1.82) is 0 Å². The van der Waals surface area contributed by atoms with Crippen molar-refractivity contribution in [3.05, 3.63) is 34.4 Å². The molecule has 0 bridgehead atoms. The maximum absolute atomic E-state index is 6.19. The van der Waals surface area contributed by atoms with Gasteiger partial charge in [0.2, 0.25) is 0 Å². The van der Waals surface area contributed by atoms with E-state index < -0.39 is 0 Å². The van der Waals surface area contributed by atoms with Crippen LogP contribution in [-0.4, -0.2) is 6.04 Å². The van der Waals surface area contributed by atoms with Gasteiger partial charge in [-0.2, -0.15) is 0 Å². The van der Waals surface area contributed by atoms with E-state index in [0.717, 1.165) is 12.3 Å². The molecule has 0 spiro atoms. The first-order valence-corrected chi connectivity index (χ1v) is 5.90. The zero-order valence-corrected chi connectivity index (χ0v) is 10.0. The molecule has 0 heterocycles. The first-order chi connectivity index (χ1) is 7.08. The fraction of sp³-hybridized carbons (Fsp3) is 0.571. The summed E-state index contributed by atoms with van der Waals surface area (Å²) in [6, 6.07) is 4.91. The smallest absolute Gasteiger partial charge is 0.0108 e. The lowest BCUT2D eigenvalue weighted by molar-refractivity contribution is 0.589. The van der Waals surface area contributed by atoms with Crippen molar-refractivity contribution < 1.29 is 0 Å². The quantitative estimate of drug-likeness (QED) is 0.803. The maximum atomic E-state index is 6.19. The van der Waals surface area contributed by atoms with Crippen LogP contribution in [-0.2, 0) is 6.42 Å². The first kappa shape index (κ1) is 10.7. The third kappa shape index (κ3) is 2.40. The fourth-order valence-electron chi connectivity index (χ4n) is 2.46. The van der Waals surface area contributed by atoms with Crippen LogP contribution in [0.3, 0.4) is 0 Å². The van der Waals surface area contributed by atoms with Gasteiger partial charge in [0.15, 0.2) is 0 Å². The summed E-state index contributed by atoms with van der Waals surface area (Å²) in [4.78, 5) is 0. The Balaban J connectivity index is 2.19. The van der Waals surface area contributed by atoms with Gasteiger partial charge >= 0.3 is 0 Å². The second-order valence-electron chi connectivity index (χ2n) is 5.08. The van der Waals surface area contributed by atoms with Gasteiger partial charge in [-0.25, -0.2) is 0 Å². The zero-order valence-electron chi connectivity index (χ0n) is 10.0. The van der Waals surface area contributed by atoms with Gasteiger partial charge in [0.25, 0.3) is 0 Å². The Hall–Kier alpha value is -0.820. The Morgan fingerprint density at radius 3 is 2.20 bits per heavy atom. The highest BCUT2D eigenvalue weighted by molar-refractivity contribution is 5.38. The van der Waals surface area contributed by atoms with Crippen molar-refractivity contribution in [2.24, 2.45) is 11.7 Å². The Labute approximate surface area is 92.7 Å². The SMILES string of the molecule is Cc1cc(C)c(CC(N)C2CC2)c(C)c1. The molecule has 1 aromatic rings. The van der Waals surface area contributed by atoms with E-state index >= 15 is 0 Å². The van der Waals surface area contributed by atoms with E-state index in [4.69, 9.17) is 5.73 Å². The molecule has 0 aliphatic heterocycles. The Morgan fingerprint density at radius 2 is 1.73 bits per heavy atom. The van der Waals surface area contributed by atoms with Gasteiger partial charge in [-0.05, 0) is 62.6 Å². The van der Waals surface area contributed by atoms with Crippen LogP contribution in [0, 0.1) is 26.7 Å². The summed E-state index contributed by atoms with van der Waals surface area (Å²) in [6.45, 7) is 6.56. The summed E-state index contributed by atoms with van der Waals surface area (Å²) >= 11 is 0. The number of hydrogen-bond donors (Lipinski definition) is 1. The normalized spacial score (nSPS) is 17.9. The molecule has 0 amide bonds. The molecule has 15 heavy (non-hydrogen) atoms. The summed E-state index contributed by atoms with van der Waals surface area (Å²) in [5, 5.41) is 0. The molecule has 1 aliphatic rings. The maximum Gasteiger partial charge on any atom is 0.0108 e. The lowest BCUT2D eigenvalue weighted by Gasteiger charge is -2.15. The summed E-state index contributed by atoms with van der Waals surface area (Å²) in [6.07, 6.45) is 3.73. The van der Waals surface area contributed by atoms with Crippen molar-refractivity contribution in [3.8, 4) is 0 Å². The van der Waals surface area contributed by atoms with Gasteiger partial charge in [0, 0.05) is 6.04 Å². The highest BCUT2D eigenvalue weighted by Gasteiger charge is 2.28. The summed E-state index contributed by atoms with van der Waals surface area (Å²) < 4.78 is 0. The second kappa shape index (κ2) is 3.97. The van der Waals surface area contributed by atoms with Gasteiger partial charge in [-0.1, -0.05) is 17.7 Å². The second-order valence-corrected chi connectivity index (χ2v) is 5.08. The molecule has 0 radical (unpaired) electrons. The molecule has 82 valence electrons. The standard InChI is InChI=1S/C14H21N/c1-9-6-10(2)13(11(3)7-9)8-14(15)12-4-5-12/h6-7,12,14H,4-5,8,15H2,1-3H3. The van der Waals surface area contributed by atoms with Crippen LogP contribution in [0.1, 0.15) is 35.1 Å². The number of hydrogen-bond acceptors (Lipinski definition) is 1. The molecule has 1 saturated carbocycles. The van der Waals surface area contributed by atoms with Gasteiger partial charge in [0.05, 0.1) is 0 Å². The predicted molar refractivity (Wildman–Crippen MR) is 65.1 cm³/mol. The van der Waals surface area contributed by atoms with E-state index in [2.05, 4.69) is 32.9 Å². The summed E-state index contributed by atoms with van der Waals surface area (Å²) in [5.41, 5.74) is 11.8. The minimum Gasteiger partial charge on any atom is -0.327 e. The molecule has 1 nitrogen and oxygen atoms in total. The van der Waals surface area contributed by atoms with Crippen LogP contribution >= 0.6 is 0 Å².